The lowest BCUT2D eigenvalue weighted by Gasteiger charge is -2.35. The molecule has 0 spiro atoms. The summed E-state index contributed by atoms with van der Waals surface area (Å²) in [6.45, 7) is 0.415. The van der Waals surface area contributed by atoms with E-state index in [0.717, 1.165) is 16.7 Å². The van der Waals surface area contributed by atoms with Gasteiger partial charge in [0.25, 0.3) is 0 Å². The van der Waals surface area contributed by atoms with E-state index in [9.17, 15) is 5.21 Å². The third-order valence-corrected chi connectivity index (χ3v) is 4.11. The lowest BCUT2D eigenvalue weighted by atomic mass is 10.1. The van der Waals surface area contributed by atoms with Crippen LogP contribution in [-0.2, 0) is 6.54 Å². The monoisotopic (exact) mass is 353 g/mol. The number of benzene rings is 2. The van der Waals surface area contributed by atoms with Crippen molar-refractivity contribution in [1.29, 1.82) is 0 Å². The van der Waals surface area contributed by atoms with Crippen LogP contribution in [0.1, 0.15) is 5.56 Å². The Bertz CT molecular complexity index is 907. The SMILES string of the molecule is [O-][NH+]1[N-]C(=NCc2ccc(Cl)cc2)Nc2ccc(-c3cn[nH]c3)cc21. The number of aliphatic imine (C=N–C) groups is 1. The van der Waals surface area contributed by atoms with E-state index in [2.05, 4.69) is 25.9 Å². The molecule has 1 aliphatic rings. The van der Waals surface area contributed by atoms with Crippen molar-refractivity contribution in [2.45, 2.75) is 6.54 Å². The summed E-state index contributed by atoms with van der Waals surface area (Å²) in [5.74, 6) is 0.309. The summed E-state index contributed by atoms with van der Waals surface area (Å²) in [7, 11) is 0. The van der Waals surface area contributed by atoms with Gasteiger partial charge in [-0.15, -0.1) is 0 Å². The van der Waals surface area contributed by atoms with E-state index in [1.54, 1.807) is 30.6 Å². The maximum Gasteiger partial charge on any atom is 0.156 e. The van der Waals surface area contributed by atoms with Gasteiger partial charge >= 0.3 is 0 Å². The number of halogens is 1. The second kappa shape index (κ2) is 6.56. The molecule has 126 valence electrons. The maximum absolute atomic E-state index is 12.3. The molecule has 3 N–H and O–H groups in total. The van der Waals surface area contributed by atoms with E-state index in [1.807, 2.05) is 24.3 Å². The quantitative estimate of drug-likeness (QED) is 0.632. The summed E-state index contributed by atoms with van der Waals surface area (Å²) in [6.07, 6.45) is 3.48. The molecule has 1 aliphatic heterocycles. The van der Waals surface area contributed by atoms with Crippen molar-refractivity contribution in [2.75, 3.05) is 5.32 Å². The first-order chi connectivity index (χ1) is 12.2. The molecule has 3 aromatic rings. The van der Waals surface area contributed by atoms with Crippen LogP contribution >= 0.6 is 11.6 Å². The molecule has 0 fully saturated rings. The van der Waals surface area contributed by atoms with Gasteiger partial charge in [0.2, 0.25) is 0 Å². The smallest absolute Gasteiger partial charge is 0.156 e. The Balaban J connectivity index is 1.54. The van der Waals surface area contributed by atoms with Crippen molar-refractivity contribution >= 4 is 28.9 Å². The molecule has 2 heterocycles. The fourth-order valence-electron chi connectivity index (χ4n) is 2.55. The maximum atomic E-state index is 12.3. The second-order valence-electron chi connectivity index (χ2n) is 5.56. The zero-order valence-electron chi connectivity index (χ0n) is 13.0. The van der Waals surface area contributed by atoms with E-state index in [0.29, 0.717) is 28.9 Å². The molecule has 0 radical (unpaired) electrons. The molecular formula is C17H14ClN6O-. The van der Waals surface area contributed by atoms with Crippen molar-refractivity contribution in [3.63, 3.8) is 0 Å². The molecule has 4 rings (SSSR count). The molecular weight excluding hydrogens is 340 g/mol. The van der Waals surface area contributed by atoms with Crippen LogP contribution in [0.25, 0.3) is 16.6 Å². The summed E-state index contributed by atoms with van der Waals surface area (Å²) < 4.78 is 0. The van der Waals surface area contributed by atoms with Gasteiger partial charge in [0.1, 0.15) is 0 Å². The Morgan fingerprint density at radius 1 is 1.16 bits per heavy atom. The van der Waals surface area contributed by atoms with Crippen LogP contribution in [0.2, 0.25) is 5.02 Å². The number of quaternary nitrogens is 1. The fraction of sp³-hybridized carbons (Fsp3) is 0.0588. The first-order valence-electron chi connectivity index (χ1n) is 7.64. The zero-order valence-corrected chi connectivity index (χ0v) is 13.8. The molecule has 0 saturated carbocycles. The number of H-pyrrole nitrogens is 1. The van der Waals surface area contributed by atoms with Crippen LogP contribution in [0.5, 0.6) is 0 Å². The molecule has 25 heavy (non-hydrogen) atoms. The van der Waals surface area contributed by atoms with Gasteiger partial charge in [0, 0.05) is 35.1 Å². The topological polar surface area (TPSA) is 94.7 Å². The standard InChI is InChI=1S/C17H14ClN6O/c18-14-4-1-11(2-5-14)8-19-17-22-15-6-3-12(13-9-20-21-10-13)7-16(15)24(25)23-17/h1-7,9-10,24H,8H2,(H2-,19,20,21,22,23)/q-1. The Labute approximate surface area is 148 Å². The average Bonchev–Trinajstić information content (AvgIpc) is 3.16. The molecule has 8 heteroatoms. The molecule has 7 nitrogen and oxygen atoms in total. The highest BCUT2D eigenvalue weighted by atomic mass is 35.5. The number of hydrogen-bond acceptors (Lipinski definition) is 3. The highest BCUT2D eigenvalue weighted by Crippen LogP contribution is 2.28. The molecule has 1 atom stereocenters. The summed E-state index contributed by atoms with van der Waals surface area (Å²) >= 11 is 5.87. The Morgan fingerprint density at radius 3 is 2.76 bits per heavy atom. The van der Waals surface area contributed by atoms with Gasteiger partial charge in [-0.1, -0.05) is 29.8 Å². The summed E-state index contributed by atoms with van der Waals surface area (Å²) in [4.78, 5) is 4.36. The number of nitrogens with zero attached hydrogens (tertiary/aromatic N) is 3. The van der Waals surface area contributed by atoms with Crippen molar-refractivity contribution in [2.24, 2.45) is 4.99 Å². The lowest BCUT2D eigenvalue weighted by molar-refractivity contribution is -0.726. The van der Waals surface area contributed by atoms with Crippen molar-refractivity contribution in [3.05, 3.63) is 76.1 Å². The number of hydrogen-bond donors (Lipinski definition) is 3. The van der Waals surface area contributed by atoms with Crippen LogP contribution in [0, 0.1) is 5.21 Å². The van der Waals surface area contributed by atoms with Crippen LogP contribution in [0.4, 0.5) is 11.4 Å². The summed E-state index contributed by atoms with van der Waals surface area (Å²) in [6, 6.07) is 13.0. The van der Waals surface area contributed by atoms with Crippen molar-refractivity contribution in [1.82, 2.24) is 10.2 Å². The first-order valence-corrected chi connectivity index (χ1v) is 8.02. The third-order valence-electron chi connectivity index (χ3n) is 3.86. The van der Waals surface area contributed by atoms with Gasteiger partial charge in [0.05, 0.1) is 12.2 Å². The minimum absolute atomic E-state index is 0.309. The highest BCUT2D eigenvalue weighted by Gasteiger charge is 2.16. The minimum atomic E-state index is -0.311. The van der Waals surface area contributed by atoms with Crippen LogP contribution < -0.4 is 10.5 Å². The number of aromatic amines is 1. The molecule has 1 aromatic heterocycles. The molecule has 1 unspecified atom stereocenters. The fourth-order valence-corrected chi connectivity index (χ4v) is 2.68. The van der Waals surface area contributed by atoms with E-state index in [1.165, 1.54) is 0 Å². The van der Waals surface area contributed by atoms with Crippen molar-refractivity contribution < 1.29 is 5.17 Å². The number of fused-ring (bicyclic) bond motifs is 1. The molecule has 0 saturated heterocycles. The predicted octanol–water partition coefficient (Wildman–Crippen LogP) is 3.01. The number of rotatable bonds is 3. The number of anilines is 1. The Kier molecular flexibility index (Phi) is 4.10. The van der Waals surface area contributed by atoms with Gasteiger partial charge < -0.3 is 15.5 Å². The summed E-state index contributed by atoms with van der Waals surface area (Å²) in [5, 5.41) is 22.5. The van der Waals surface area contributed by atoms with Gasteiger partial charge in [-0.05, 0) is 29.3 Å². The normalized spacial score (nSPS) is 17.7. The summed E-state index contributed by atoms with van der Waals surface area (Å²) in [5.41, 5.74) is 8.05. The third kappa shape index (κ3) is 3.34. The molecule has 0 aliphatic carbocycles. The first kappa shape index (κ1) is 15.6. The van der Waals surface area contributed by atoms with Crippen LogP contribution in [0.15, 0.2) is 59.9 Å². The van der Waals surface area contributed by atoms with Crippen LogP contribution in [-0.4, -0.2) is 16.2 Å². The Hall–Kier alpha value is -2.87. The van der Waals surface area contributed by atoms with Gasteiger partial charge in [-0.2, -0.15) is 10.5 Å². The van der Waals surface area contributed by atoms with Crippen molar-refractivity contribution in [3.8, 4) is 11.1 Å². The number of guanidine groups is 1. The minimum Gasteiger partial charge on any atom is -0.612 e. The molecule has 0 amide bonds. The van der Waals surface area contributed by atoms with Gasteiger partial charge in [0.15, 0.2) is 5.69 Å². The second-order valence-corrected chi connectivity index (χ2v) is 5.99. The Morgan fingerprint density at radius 2 is 2.00 bits per heavy atom. The van der Waals surface area contributed by atoms with E-state index in [4.69, 9.17) is 11.6 Å². The largest absolute Gasteiger partial charge is 0.612 e. The highest BCUT2D eigenvalue weighted by molar-refractivity contribution is 6.30. The van der Waals surface area contributed by atoms with Crippen LogP contribution in [0.3, 0.4) is 0 Å². The zero-order chi connectivity index (χ0) is 17.2. The lowest BCUT2D eigenvalue weighted by Crippen LogP contribution is -2.99. The van der Waals surface area contributed by atoms with E-state index < -0.39 is 0 Å². The average molecular weight is 354 g/mol. The number of nitrogens with one attached hydrogen (secondary N) is 3. The molecule has 2 aromatic carbocycles. The predicted molar refractivity (Wildman–Crippen MR) is 97.6 cm³/mol. The molecule has 0 bridgehead atoms. The van der Waals surface area contributed by atoms with E-state index >= 15 is 0 Å². The van der Waals surface area contributed by atoms with Gasteiger partial charge in [-0.3, -0.25) is 10.3 Å². The number of aromatic nitrogens is 2. The van der Waals surface area contributed by atoms with E-state index in [-0.39, 0.29) is 5.17 Å². The van der Waals surface area contributed by atoms with Gasteiger partial charge in [-0.25, -0.2) is 0 Å².